The average molecular weight is 271 g/mol. The quantitative estimate of drug-likeness (QED) is 0.836. The van der Waals surface area contributed by atoms with Gasteiger partial charge in [-0.2, -0.15) is 0 Å². The second-order valence-corrected chi connectivity index (χ2v) is 5.10. The summed E-state index contributed by atoms with van der Waals surface area (Å²) in [5.41, 5.74) is 1.14. The first kappa shape index (κ1) is 14.3. The highest BCUT2D eigenvalue weighted by molar-refractivity contribution is 5.41. The van der Waals surface area contributed by atoms with Crippen LogP contribution in [-0.4, -0.2) is 24.1 Å². The molecular formula is C16H21N3O. The number of methoxy groups -OCH3 is 1. The molecule has 106 valence electrons. The van der Waals surface area contributed by atoms with Crippen LogP contribution in [0, 0.1) is 0 Å². The molecule has 0 saturated heterocycles. The number of para-hydroxylation sites is 1. The Morgan fingerprint density at radius 1 is 1.20 bits per heavy atom. The van der Waals surface area contributed by atoms with Gasteiger partial charge < -0.3 is 9.64 Å². The predicted octanol–water partition coefficient (Wildman–Crippen LogP) is 3.25. The molecule has 4 nitrogen and oxygen atoms in total. The van der Waals surface area contributed by atoms with Crippen LogP contribution in [0.25, 0.3) is 0 Å². The first-order chi connectivity index (χ1) is 9.61. The van der Waals surface area contributed by atoms with Crippen molar-refractivity contribution in [2.24, 2.45) is 0 Å². The van der Waals surface area contributed by atoms with Crippen molar-refractivity contribution in [2.45, 2.75) is 26.3 Å². The lowest BCUT2D eigenvalue weighted by atomic mass is 10.2. The zero-order chi connectivity index (χ0) is 14.5. The van der Waals surface area contributed by atoms with Crippen molar-refractivity contribution >= 4 is 5.82 Å². The van der Waals surface area contributed by atoms with E-state index in [-0.39, 0.29) is 0 Å². The van der Waals surface area contributed by atoms with Gasteiger partial charge in [0.05, 0.1) is 7.11 Å². The number of hydrogen-bond donors (Lipinski definition) is 0. The van der Waals surface area contributed by atoms with Gasteiger partial charge in [0.1, 0.15) is 17.4 Å². The molecular weight excluding hydrogens is 250 g/mol. The summed E-state index contributed by atoms with van der Waals surface area (Å²) < 4.78 is 5.38. The lowest BCUT2D eigenvalue weighted by Crippen LogP contribution is -2.19. The standard InChI is InChI=1S/C16H21N3O/c1-12(2)16-17-10-9-15(18-16)19(3)11-13-7-5-6-8-14(13)20-4/h5-10,12H,11H2,1-4H3. The van der Waals surface area contributed by atoms with Gasteiger partial charge in [0, 0.05) is 31.3 Å². The molecule has 1 aromatic carbocycles. The molecule has 0 aliphatic carbocycles. The maximum Gasteiger partial charge on any atom is 0.133 e. The minimum atomic E-state index is 0.328. The van der Waals surface area contributed by atoms with E-state index in [0.29, 0.717) is 5.92 Å². The largest absolute Gasteiger partial charge is 0.496 e. The summed E-state index contributed by atoms with van der Waals surface area (Å²) in [5, 5.41) is 0. The van der Waals surface area contributed by atoms with Gasteiger partial charge in [-0.3, -0.25) is 0 Å². The molecule has 0 unspecified atom stereocenters. The maximum atomic E-state index is 5.38. The molecule has 0 fully saturated rings. The Labute approximate surface area is 120 Å². The summed E-state index contributed by atoms with van der Waals surface area (Å²) >= 11 is 0. The van der Waals surface area contributed by atoms with Crippen LogP contribution in [0.3, 0.4) is 0 Å². The van der Waals surface area contributed by atoms with Crippen molar-refractivity contribution < 1.29 is 4.74 Å². The second-order valence-electron chi connectivity index (χ2n) is 5.10. The highest BCUT2D eigenvalue weighted by atomic mass is 16.5. The zero-order valence-electron chi connectivity index (χ0n) is 12.5. The summed E-state index contributed by atoms with van der Waals surface area (Å²) in [6.07, 6.45) is 1.82. The smallest absolute Gasteiger partial charge is 0.133 e. The number of nitrogens with zero attached hydrogens (tertiary/aromatic N) is 3. The molecule has 0 aliphatic heterocycles. The first-order valence-electron chi connectivity index (χ1n) is 6.77. The molecule has 0 amide bonds. The fourth-order valence-corrected chi connectivity index (χ4v) is 2.02. The van der Waals surface area contributed by atoms with Gasteiger partial charge >= 0.3 is 0 Å². The monoisotopic (exact) mass is 271 g/mol. The molecule has 1 heterocycles. The van der Waals surface area contributed by atoms with Crippen LogP contribution in [0.1, 0.15) is 31.2 Å². The average Bonchev–Trinajstić information content (AvgIpc) is 2.48. The topological polar surface area (TPSA) is 38.2 Å². The number of benzene rings is 1. The summed E-state index contributed by atoms with van der Waals surface area (Å²) in [7, 11) is 3.72. The summed E-state index contributed by atoms with van der Waals surface area (Å²) in [5.74, 6) is 3.02. The zero-order valence-corrected chi connectivity index (χ0v) is 12.5. The molecule has 0 N–H and O–H groups in total. The number of ether oxygens (including phenoxy) is 1. The van der Waals surface area contributed by atoms with Crippen molar-refractivity contribution in [1.82, 2.24) is 9.97 Å². The Morgan fingerprint density at radius 3 is 2.65 bits per heavy atom. The Bertz CT molecular complexity index is 569. The fourth-order valence-electron chi connectivity index (χ4n) is 2.02. The summed E-state index contributed by atoms with van der Waals surface area (Å²) in [6, 6.07) is 9.97. The third-order valence-corrected chi connectivity index (χ3v) is 3.17. The van der Waals surface area contributed by atoms with Crippen LogP contribution in [0.2, 0.25) is 0 Å². The number of anilines is 1. The predicted molar refractivity (Wildman–Crippen MR) is 81.2 cm³/mol. The van der Waals surface area contributed by atoms with Crippen molar-refractivity contribution in [2.75, 3.05) is 19.1 Å². The van der Waals surface area contributed by atoms with Crippen molar-refractivity contribution in [3.05, 3.63) is 47.9 Å². The Balaban J connectivity index is 2.19. The van der Waals surface area contributed by atoms with E-state index in [9.17, 15) is 0 Å². The molecule has 4 heteroatoms. The summed E-state index contributed by atoms with van der Waals surface area (Å²) in [6.45, 7) is 4.94. The number of rotatable bonds is 5. The minimum Gasteiger partial charge on any atom is -0.496 e. The molecule has 0 atom stereocenters. The van der Waals surface area contributed by atoms with Gasteiger partial charge in [0.15, 0.2) is 0 Å². The van der Waals surface area contributed by atoms with Gasteiger partial charge in [0.2, 0.25) is 0 Å². The molecule has 20 heavy (non-hydrogen) atoms. The Kier molecular flexibility index (Phi) is 4.56. The van der Waals surface area contributed by atoms with E-state index in [1.807, 2.05) is 37.5 Å². The molecule has 0 aliphatic rings. The van der Waals surface area contributed by atoms with Crippen molar-refractivity contribution in [1.29, 1.82) is 0 Å². The van der Waals surface area contributed by atoms with E-state index in [4.69, 9.17) is 4.74 Å². The van der Waals surface area contributed by atoms with Crippen LogP contribution in [-0.2, 0) is 6.54 Å². The highest BCUT2D eigenvalue weighted by Gasteiger charge is 2.10. The molecule has 0 radical (unpaired) electrons. The number of aromatic nitrogens is 2. The molecule has 2 rings (SSSR count). The van der Waals surface area contributed by atoms with E-state index in [2.05, 4.69) is 34.8 Å². The minimum absolute atomic E-state index is 0.328. The maximum absolute atomic E-state index is 5.38. The molecule has 0 bridgehead atoms. The van der Waals surface area contributed by atoms with Crippen LogP contribution in [0.15, 0.2) is 36.5 Å². The molecule has 0 spiro atoms. The highest BCUT2D eigenvalue weighted by Crippen LogP contribution is 2.21. The second kappa shape index (κ2) is 6.37. The van der Waals surface area contributed by atoms with Crippen LogP contribution >= 0.6 is 0 Å². The number of hydrogen-bond acceptors (Lipinski definition) is 4. The van der Waals surface area contributed by atoms with E-state index in [1.54, 1.807) is 7.11 Å². The fraction of sp³-hybridized carbons (Fsp3) is 0.375. The third-order valence-electron chi connectivity index (χ3n) is 3.17. The van der Waals surface area contributed by atoms with E-state index in [0.717, 1.165) is 29.5 Å². The lowest BCUT2D eigenvalue weighted by Gasteiger charge is -2.20. The lowest BCUT2D eigenvalue weighted by molar-refractivity contribution is 0.409. The SMILES string of the molecule is COc1ccccc1CN(C)c1ccnc(C(C)C)n1. The van der Waals surface area contributed by atoms with Gasteiger partial charge in [-0.05, 0) is 12.1 Å². The van der Waals surface area contributed by atoms with Gasteiger partial charge in [-0.15, -0.1) is 0 Å². The van der Waals surface area contributed by atoms with Gasteiger partial charge in [0.25, 0.3) is 0 Å². The van der Waals surface area contributed by atoms with E-state index >= 15 is 0 Å². The van der Waals surface area contributed by atoms with E-state index in [1.165, 1.54) is 0 Å². The van der Waals surface area contributed by atoms with Gasteiger partial charge in [-0.25, -0.2) is 9.97 Å². The van der Waals surface area contributed by atoms with Crippen LogP contribution in [0.5, 0.6) is 5.75 Å². The van der Waals surface area contributed by atoms with Crippen molar-refractivity contribution in [3.8, 4) is 5.75 Å². The van der Waals surface area contributed by atoms with Crippen molar-refractivity contribution in [3.63, 3.8) is 0 Å². The van der Waals surface area contributed by atoms with E-state index < -0.39 is 0 Å². The Morgan fingerprint density at radius 2 is 1.95 bits per heavy atom. The van der Waals surface area contributed by atoms with Crippen LogP contribution in [0.4, 0.5) is 5.82 Å². The molecule has 2 aromatic rings. The van der Waals surface area contributed by atoms with Gasteiger partial charge in [-0.1, -0.05) is 32.0 Å². The first-order valence-corrected chi connectivity index (χ1v) is 6.77. The Hall–Kier alpha value is -2.10. The molecule has 0 saturated carbocycles. The molecule has 1 aromatic heterocycles. The van der Waals surface area contributed by atoms with Crippen LogP contribution < -0.4 is 9.64 Å². The summed E-state index contributed by atoms with van der Waals surface area (Å²) in [4.78, 5) is 11.0. The third kappa shape index (κ3) is 3.26. The normalized spacial score (nSPS) is 10.7.